The van der Waals surface area contributed by atoms with E-state index < -0.39 is 0 Å². The molecule has 6 rings (SSSR count). The molecular weight excluding hydrogens is 441 g/mol. The molecule has 0 aliphatic carbocycles. The quantitative estimate of drug-likeness (QED) is 0.304. The van der Waals surface area contributed by atoms with Gasteiger partial charge in [-0.1, -0.05) is 19.1 Å². The summed E-state index contributed by atoms with van der Waals surface area (Å²) in [6, 6.07) is 14.7. The molecule has 0 unspecified atom stereocenters. The summed E-state index contributed by atoms with van der Waals surface area (Å²) in [4.78, 5) is 16.8. The Kier molecular flexibility index (Phi) is 5.27. The minimum Gasteiger partial charge on any atom is -0.338 e. The summed E-state index contributed by atoms with van der Waals surface area (Å²) in [7, 11) is 0. The third kappa shape index (κ3) is 3.94. The summed E-state index contributed by atoms with van der Waals surface area (Å²) in [6.07, 6.45) is 7.26. The van der Waals surface area contributed by atoms with E-state index >= 15 is 0 Å². The molecule has 5 heterocycles. The lowest BCUT2D eigenvalue weighted by molar-refractivity contribution is 0.628. The van der Waals surface area contributed by atoms with Gasteiger partial charge >= 0.3 is 0 Å². The zero-order valence-corrected chi connectivity index (χ0v) is 19.0. The van der Waals surface area contributed by atoms with Crippen LogP contribution in [-0.4, -0.2) is 36.7 Å². The number of H-pyrrole nitrogens is 2. The van der Waals surface area contributed by atoms with Crippen LogP contribution < -0.4 is 5.32 Å². The maximum absolute atomic E-state index is 13.9. The predicted octanol–water partition coefficient (Wildman–Crippen LogP) is 5.48. The van der Waals surface area contributed by atoms with E-state index in [4.69, 9.17) is 0 Å². The van der Waals surface area contributed by atoms with Gasteiger partial charge in [0.25, 0.3) is 0 Å². The van der Waals surface area contributed by atoms with Crippen molar-refractivity contribution in [1.29, 1.82) is 0 Å². The Morgan fingerprint density at radius 1 is 0.886 bits per heavy atom. The van der Waals surface area contributed by atoms with Crippen molar-refractivity contribution < 1.29 is 4.39 Å². The lowest BCUT2D eigenvalue weighted by Gasteiger charge is -2.05. The second-order valence-electron chi connectivity index (χ2n) is 8.37. The topological polar surface area (TPSA) is 95.2 Å². The molecule has 3 N–H and O–H groups in total. The van der Waals surface area contributed by atoms with Crippen LogP contribution >= 0.6 is 0 Å². The van der Waals surface area contributed by atoms with Gasteiger partial charge in [-0.05, 0) is 59.6 Å². The Hall–Kier alpha value is -4.43. The largest absolute Gasteiger partial charge is 0.338 e. The molecule has 5 aromatic heterocycles. The number of aromatic nitrogens is 6. The van der Waals surface area contributed by atoms with Gasteiger partial charge in [-0.2, -0.15) is 5.10 Å². The fourth-order valence-electron chi connectivity index (χ4n) is 4.34. The third-order valence-corrected chi connectivity index (χ3v) is 6.05. The van der Waals surface area contributed by atoms with Gasteiger partial charge in [-0.15, -0.1) is 0 Å². The number of fused-ring (bicyclic) bond motifs is 2. The zero-order valence-electron chi connectivity index (χ0n) is 19.0. The molecule has 0 aliphatic heterocycles. The smallest absolute Gasteiger partial charge is 0.155 e. The summed E-state index contributed by atoms with van der Waals surface area (Å²) in [6.45, 7) is 3.74. The number of hydrogen-bond donors (Lipinski definition) is 3. The standard InChI is InChI=1S/C27H22FN7/c1-2-29-12-16-8-18(14-30-13-16)19-10-23-25(34-35-27(23)32-15-19)24-11-22-21(6-7-31-26(22)33-24)17-4-3-5-20(28)9-17/h3-11,13-15,29H,2,12H2,1H3,(H,31,33)(H,32,34,35). The van der Waals surface area contributed by atoms with Gasteiger partial charge in [0, 0.05) is 53.2 Å². The van der Waals surface area contributed by atoms with Crippen LogP contribution in [0, 0.1) is 5.82 Å². The third-order valence-electron chi connectivity index (χ3n) is 6.05. The van der Waals surface area contributed by atoms with E-state index in [1.165, 1.54) is 12.1 Å². The van der Waals surface area contributed by atoms with E-state index in [1.807, 2.05) is 36.8 Å². The molecule has 35 heavy (non-hydrogen) atoms. The molecule has 0 radical (unpaired) electrons. The SMILES string of the molecule is CCNCc1cncc(-c2cnc3[nH]nc(-c4cc5c(-c6cccc(F)c6)ccnc5[nH]4)c3c2)c1. The molecule has 0 fully saturated rings. The van der Waals surface area contributed by atoms with Gasteiger partial charge in [-0.3, -0.25) is 10.1 Å². The minimum absolute atomic E-state index is 0.274. The molecule has 1 aromatic carbocycles. The summed E-state index contributed by atoms with van der Waals surface area (Å²) in [5.74, 6) is -0.274. The van der Waals surface area contributed by atoms with Crippen molar-refractivity contribution in [3.63, 3.8) is 0 Å². The first-order chi connectivity index (χ1) is 17.2. The van der Waals surface area contributed by atoms with Crippen LogP contribution in [0.25, 0.3) is 55.7 Å². The summed E-state index contributed by atoms with van der Waals surface area (Å²) < 4.78 is 13.9. The summed E-state index contributed by atoms with van der Waals surface area (Å²) in [5.41, 5.74) is 7.72. The van der Waals surface area contributed by atoms with E-state index in [-0.39, 0.29) is 5.82 Å². The second kappa shape index (κ2) is 8.73. The van der Waals surface area contributed by atoms with Crippen molar-refractivity contribution in [2.24, 2.45) is 0 Å². The Balaban J connectivity index is 1.44. The highest BCUT2D eigenvalue weighted by molar-refractivity contribution is 5.99. The molecule has 0 spiro atoms. The Morgan fingerprint density at radius 3 is 2.69 bits per heavy atom. The highest BCUT2D eigenvalue weighted by atomic mass is 19.1. The molecule has 172 valence electrons. The fourth-order valence-corrected chi connectivity index (χ4v) is 4.34. The van der Waals surface area contributed by atoms with Crippen LogP contribution in [0.1, 0.15) is 12.5 Å². The summed E-state index contributed by atoms with van der Waals surface area (Å²) >= 11 is 0. The van der Waals surface area contributed by atoms with Crippen molar-refractivity contribution in [2.75, 3.05) is 6.54 Å². The molecule has 0 bridgehead atoms. The highest BCUT2D eigenvalue weighted by Gasteiger charge is 2.16. The lowest BCUT2D eigenvalue weighted by Crippen LogP contribution is -2.11. The van der Waals surface area contributed by atoms with Gasteiger partial charge in [0.15, 0.2) is 5.65 Å². The number of nitrogens with zero attached hydrogens (tertiary/aromatic N) is 4. The molecule has 8 heteroatoms. The van der Waals surface area contributed by atoms with Crippen molar-refractivity contribution in [3.05, 3.63) is 84.7 Å². The molecule has 0 atom stereocenters. The average molecular weight is 464 g/mol. The van der Waals surface area contributed by atoms with Crippen molar-refractivity contribution in [3.8, 4) is 33.6 Å². The van der Waals surface area contributed by atoms with E-state index in [9.17, 15) is 4.39 Å². The van der Waals surface area contributed by atoms with E-state index in [2.05, 4.69) is 54.5 Å². The van der Waals surface area contributed by atoms with Crippen molar-refractivity contribution in [1.82, 2.24) is 35.5 Å². The van der Waals surface area contributed by atoms with Crippen molar-refractivity contribution >= 4 is 22.1 Å². The molecule has 6 aromatic rings. The first kappa shape index (κ1) is 21.1. The summed E-state index contributed by atoms with van der Waals surface area (Å²) in [5, 5.41) is 12.7. The van der Waals surface area contributed by atoms with E-state index in [0.717, 1.165) is 63.1 Å². The normalized spacial score (nSPS) is 11.5. The molecule has 0 amide bonds. The first-order valence-corrected chi connectivity index (χ1v) is 11.4. The number of halogens is 1. The Bertz CT molecular complexity index is 1670. The van der Waals surface area contributed by atoms with Crippen LogP contribution in [0.15, 0.2) is 73.3 Å². The Labute approximate surface area is 200 Å². The molecular formula is C27H22FN7. The molecule has 0 saturated heterocycles. The Morgan fingerprint density at radius 2 is 1.80 bits per heavy atom. The minimum atomic E-state index is -0.274. The van der Waals surface area contributed by atoms with Gasteiger partial charge in [0.2, 0.25) is 0 Å². The maximum Gasteiger partial charge on any atom is 0.155 e. The number of aromatic amines is 2. The number of hydrogen-bond acceptors (Lipinski definition) is 5. The molecule has 0 aliphatic rings. The van der Waals surface area contributed by atoms with Gasteiger partial charge < -0.3 is 10.3 Å². The fraction of sp³-hybridized carbons (Fsp3) is 0.111. The second-order valence-corrected chi connectivity index (χ2v) is 8.37. The van der Waals surface area contributed by atoms with Gasteiger partial charge in [0.1, 0.15) is 17.2 Å². The van der Waals surface area contributed by atoms with Crippen LogP contribution in [0.3, 0.4) is 0 Å². The highest BCUT2D eigenvalue weighted by Crippen LogP contribution is 2.34. The monoisotopic (exact) mass is 463 g/mol. The van der Waals surface area contributed by atoms with Crippen LogP contribution in [-0.2, 0) is 6.54 Å². The average Bonchev–Trinajstić information content (AvgIpc) is 3.51. The first-order valence-electron chi connectivity index (χ1n) is 11.4. The van der Waals surface area contributed by atoms with Crippen molar-refractivity contribution in [2.45, 2.75) is 13.5 Å². The maximum atomic E-state index is 13.9. The zero-order chi connectivity index (χ0) is 23.8. The van der Waals surface area contributed by atoms with Gasteiger partial charge in [-0.25, -0.2) is 14.4 Å². The number of rotatable bonds is 6. The number of benzene rings is 1. The predicted molar refractivity (Wildman–Crippen MR) is 135 cm³/mol. The lowest BCUT2D eigenvalue weighted by atomic mass is 10.0. The van der Waals surface area contributed by atoms with E-state index in [0.29, 0.717) is 11.3 Å². The van der Waals surface area contributed by atoms with Crippen LogP contribution in [0.5, 0.6) is 0 Å². The van der Waals surface area contributed by atoms with Crippen LogP contribution in [0.4, 0.5) is 4.39 Å². The molecule has 0 saturated carbocycles. The van der Waals surface area contributed by atoms with Crippen LogP contribution in [0.2, 0.25) is 0 Å². The number of pyridine rings is 3. The number of nitrogens with one attached hydrogen (secondary N) is 3. The van der Waals surface area contributed by atoms with Gasteiger partial charge in [0.05, 0.1) is 5.69 Å². The molecule has 7 nitrogen and oxygen atoms in total. The van der Waals surface area contributed by atoms with E-state index in [1.54, 1.807) is 12.3 Å².